The molecule has 0 atom stereocenters. The van der Waals surface area contributed by atoms with Crippen LogP contribution in [0, 0.1) is 11.2 Å². The highest BCUT2D eigenvalue weighted by atomic mass is 19.1. The maximum absolute atomic E-state index is 13.5. The van der Waals surface area contributed by atoms with Gasteiger partial charge < -0.3 is 30.8 Å². The summed E-state index contributed by atoms with van der Waals surface area (Å²) in [7, 11) is 0. The number of hydrogen-bond donors (Lipinski definition) is 4. The van der Waals surface area contributed by atoms with Gasteiger partial charge in [-0.2, -0.15) is 0 Å². The number of hydrogen-bond acceptors (Lipinski definition) is 8. The van der Waals surface area contributed by atoms with Crippen LogP contribution in [0.4, 0.5) is 10.3 Å². The van der Waals surface area contributed by atoms with Crippen molar-refractivity contribution in [1.82, 2.24) is 25.3 Å². The normalized spacial score (nSPS) is 19.8. The molecule has 35 heavy (non-hydrogen) atoms. The standard InChI is InChI=1S/C23H26FN7O4/c1-13(32)28-10-23(2)11-34-21(35-12-23)20-30-18(14-3-5-15(24)6-4-14)19(31-20)16-7-8-26-22(29-16)27-9-17(25)33/h3-8,21H,9-12H2,1-2H3,(H2,25,33)(H,28,32)(H,30,31)(H,26,27,29). The lowest BCUT2D eigenvalue weighted by molar-refractivity contribution is -0.232. The third-order valence-electron chi connectivity index (χ3n) is 5.33. The first kappa shape index (κ1) is 24.2. The van der Waals surface area contributed by atoms with Crippen LogP contribution < -0.4 is 16.4 Å². The van der Waals surface area contributed by atoms with Gasteiger partial charge in [0.1, 0.15) is 5.82 Å². The largest absolute Gasteiger partial charge is 0.368 e. The van der Waals surface area contributed by atoms with Crippen molar-refractivity contribution in [2.45, 2.75) is 20.1 Å². The number of halogens is 1. The highest BCUT2D eigenvalue weighted by molar-refractivity contribution is 5.79. The number of primary amides is 1. The molecule has 1 fully saturated rings. The van der Waals surface area contributed by atoms with Crippen LogP contribution in [0.5, 0.6) is 0 Å². The minimum absolute atomic E-state index is 0.122. The van der Waals surface area contributed by atoms with E-state index in [0.29, 0.717) is 48.2 Å². The topological polar surface area (TPSA) is 157 Å². The number of rotatable bonds is 8. The Kier molecular flexibility index (Phi) is 7.03. The second kappa shape index (κ2) is 10.2. The molecule has 2 amide bonds. The van der Waals surface area contributed by atoms with E-state index in [1.54, 1.807) is 18.2 Å². The number of anilines is 1. The Morgan fingerprint density at radius 3 is 2.57 bits per heavy atom. The molecule has 12 heteroatoms. The maximum atomic E-state index is 13.5. The summed E-state index contributed by atoms with van der Waals surface area (Å²) in [6.07, 6.45) is 0.754. The fourth-order valence-corrected chi connectivity index (χ4v) is 3.50. The molecule has 1 aromatic carbocycles. The molecular formula is C23H26FN7O4. The lowest BCUT2D eigenvalue weighted by atomic mass is 9.92. The van der Waals surface area contributed by atoms with E-state index < -0.39 is 12.2 Å². The molecule has 0 radical (unpaired) electrons. The summed E-state index contributed by atoms with van der Waals surface area (Å²) in [6.45, 7) is 4.39. The van der Waals surface area contributed by atoms with E-state index in [1.807, 2.05) is 6.92 Å². The van der Waals surface area contributed by atoms with Crippen LogP contribution in [0.3, 0.4) is 0 Å². The molecular weight excluding hydrogens is 457 g/mol. The van der Waals surface area contributed by atoms with Crippen molar-refractivity contribution in [3.8, 4) is 22.6 Å². The van der Waals surface area contributed by atoms with Crippen molar-refractivity contribution in [2.75, 3.05) is 31.6 Å². The molecule has 5 N–H and O–H groups in total. The van der Waals surface area contributed by atoms with Gasteiger partial charge in [0.2, 0.25) is 24.1 Å². The Balaban J connectivity index is 1.63. The fraction of sp³-hybridized carbons (Fsp3) is 0.348. The Morgan fingerprint density at radius 2 is 1.91 bits per heavy atom. The van der Waals surface area contributed by atoms with Crippen molar-refractivity contribution in [1.29, 1.82) is 0 Å². The molecule has 11 nitrogen and oxygen atoms in total. The molecule has 4 rings (SSSR count). The third-order valence-corrected chi connectivity index (χ3v) is 5.33. The fourth-order valence-electron chi connectivity index (χ4n) is 3.50. The molecule has 184 valence electrons. The Morgan fingerprint density at radius 1 is 1.20 bits per heavy atom. The number of carbonyl (C=O) groups excluding carboxylic acids is 2. The van der Waals surface area contributed by atoms with Gasteiger partial charge in [0, 0.05) is 30.6 Å². The molecule has 3 aromatic rings. The average molecular weight is 484 g/mol. The molecule has 0 unspecified atom stereocenters. The minimum Gasteiger partial charge on any atom is -0.368 e. The number of nitrogens with one attached hydrogen (secondary N) is 3. The van der Waals surface area contributed by atoms with Gasteiger partial charge in [0.25, 0.3) is 0 Å². The third kappa shape index (κ3) is 5.97. The second-order valence-electron chi connectivity index (χ2n) is 8.61. The molecule has 2 aromatic heterocycles. The van der Waals surface area contributed by atoms with Crippen molar-refractivity contribution < 1.29 is 23.5 Å². The van der Waals surface area contributed by atoms with Crippen LogP contribution in [-0.2, 0) is 19.1 Å². The van der Waals surface area contributed by atoms with Crippen LogP contribution in [0.25, 0.3) is 22.6 Å². The van der Waals surface area contributed by atoms with Gasteiger partial charge in [-0.05, 0) is 30.3 Å². The van der Waals surface area contributed by atoms with Crippen molar-refractivity contribution in [3.05, 3.63) is 48.2 Å². The number of ether oxygens (including phenoxy) is 2. The van der Waals surface area contributed by atoms with Crippen molar-refractivity contribution in [3.63, 3.8) is 0 Å². The summed E-state index contributed by atoms with van der Waals surface area (Å²) >= 11 is 0. The van der Waals surface area contributed by atoms with Gasteiger partial charge in [-0.25, -0.2) is 19.3 Å². The first-order valence-electron chi connectivity index (χ1n) is 10.9. The van der Waals surface area contributed by atoms with Gasteiger partial charge in [-0.3, -0.25) is 9.59 Å². The smallest absolute Gasteiger partial charge is 0.236 e. The molecule has 1 aliphatic rings. The van der Waals surface area contributed by atoms with Crippen LogP contribution >= 0.6 is 0 Å². The van der Waals surface area contributed by atoms with Crippen molar-refractivity contribution >= 4 is 17.8 Å². The van der Waals surface area contributed by atoms with Gasteiger partial charge in [-0.15, -0.1) is 0 Å². The zero-order valence-corrected chi connectivity index (χ0v) is 19.3. The van der Waals surface area contributed by atoms with E-state index in [0.717, 1.165) is 0 Å². The number of imidazole rings is 1. The number of amides is 2. The van der Waals surface area contributed by atoms with Crippen LogP contribution in [0.15, 0.2) is 36.5 Å². The predicted octanol–water partition coefficient (Wildman–Crippen LogP) is 1.76. The van der Waals surface area contributed by atoms with E-state index in [-0.39, 0.29) is 29.6 Å². The number of nitrogens with zero attached hydrogens (tertiary/aromatic N) is 3. The monoisotopic (exact) mass is 483 g/mol. The number of aromatic nitrogens is 4. The highest BCUT2D eigenvalue weighted by Crippen LogP contribution is 2.35. The number of H-pyrrole nitrogens is 1. The van der Waals surface area contributed by atoms with Gasteiger partial charge in [0.15, 0.2) is 5.82 Å². The second-order valence-corrected chi connectivity index (χ2v) is 8.61. The zero-order chi connectivity index (χ0) is 25.0. The summed E-state index contributed by atoms with van der Waals surface area (Å²) in [6, 6.07) is 7.58. The SMILES string of the molecule is CC(=O)NCC1(C)COC(c2nc(-c3ccc(F)cc3)c(-c3ccnc(NCC(N)=O)n3)[nH]2)OC1. The van der Waals surface area contributed by atoms with E-state index in [9.17, 15) is 14.0 Å². The quantitative estimate of drug-likeness (QED) is 0.377. The van der Waals surface area contributed by atoms with Crippen molar-refractivity contribution in [2.24, 2.45) is 11.1 Å². The molecule has 0 bridgehead atoms. The minimum atomic E-state index is -0.775. The summed E-state index contributed by atoms with van der Waals surface area (Å²) in [4.78, 5) is 38.8. The Bertz CT molecular complexity index is 1210. The summed E-state index contributed by atoms with van der Waals surface area (Å²) < 4.78 is 25.4. The summed E-state index contributed by atoms with van der Waals surface area (Å²) in [5.74, 6) is -0.426. The van der Waals surface area contributed by atoms with Gasteiger partial charge in [0.05, 0.1) is 36.8 Å². The molecule has 0 aliphatic carbocycles. The molecule has 3 heterocycles. The summed E-state index contributed by atoms with van der Waals surface area (Å²) in [5.41, 5.74) is 6.99. The molecule has 1 saturated heterocycles. The maximum Gasteiger partial charge on any atom is 0.236 e. The van der Waals surface area contributed by atoms with Crippen LogP contribution in [-0.4, -0.2) is 58.1 Å². The van der Waals surface area contributed by atoms with Crippen LogP contribution in [0.2, 0.25) is 0 Å². The number of aromatic amines is 1. The van der Waals surface area contributed by atoms with E-state index in [4.69, 9.17) is 15.2 Å². The summed E-state index contributed by atoms with van der Waals surface area (Å²) in [5, 5.41) is 5.55. The Labute approximate surface area is 200 Å². The lowest BCUT2D eigenvalue weighted by Crippen LogP contribution is -2.45. The first-order chi connectivity index (χ1) is 16.7. The van der Waals surface area contributed by atoms with Gasteiger partial charge >= 0.3 is 0 Å². The first-order valence-corrected chi connectivity index (χ1v) is 10.9. The highest BCUT2D eigenvalue weighted by Gasteiger charge is 2.35. The number of benzene rings is 1. The predicted molar refractivity (Wildman–Crippen MR) is 124 cm³/mol. The molecule has 1 aliphatic heterocycles. The van der Waals surface area contributed by atoms with Gasteiger partial charge in [-0.1, -0.05) is 6.92 Å². The zero-order valence-electron chi connectivity index (χ0n) is 19.3. The van der Waals surface area contributed by atoms with E-state index in [1.165, 1.54) is 25.3 Å². The number of carbonyl (C=O) groups is 2. The van der Waals surface area contributed by atoms with E-state index >= 15 is 0 Å². The number of nitrogens with two attached hydrogens (primary N) is 1. The molecule has 0 spiro atoms. The van der Waals surface area contributed by atoms with Crippen LogP contribution in [0.1, 0.15) is 26.0 Å². The Hall–Kier alpha value is -3.90. The van der Waals surface area contributed by atoms with E-state index in [2.05, 4.69) is 30.6 Å². The average Bonchev–Trinajstić information content (AvgIpc) is 3.28. The molecule has 0 saturated carbocycles. The lowest BCUT2D eigenvalue weighted by Gasteiger charge is -2.36.